The van der Waals surface area contributed by atoms with Crippen molar-refractivity contribution >= 4 is 33.4 Å². The number of carboxylic acids is 1. The van der Waals surface area contributed by atoms with Crippen LogP contribution in [0.2, 0.25) is 0 Å². The fraction of sp³-hybridized carbons (Fsp3) is 0.500. The van der Waals surface area contributed by atoms with Crippen LogP contribution in [0.1, 0.15) is 25.7 Å². The number of halogens is 1. The second kappa shape index (κ2) is 6.17. The average Bonchev–Trinajstić information content (AvgIpc) is 2.41. The van der Waals surface area contributed by atoms with Crippen LogP contribution in [0.4, 0.5) is 11.5 Å². The monoisotopic (exact) mass is 343 g/mol. The van der Waals surface area contributed by atoms with Crippen molar-refractivity contribution in [1.82, 2.24) is 4.98 Å². The Bertz CT molecular complexity index is 537. The van der Waals surface area contributed by atoms with E-state index in [1.165, 1.54) is 12.3 Å². The van der Waals surface area contributed by atoms with Crippen molar-refractivity contribution in [2.45, 2.75) is 31.7 Å². The maximum absolute atomic E-state index is 11.0. The summed E-state index contributed by atoms with van der Waals surface area (Å²) in [4.78, 5) is 25.5. The zero-order chi connectivity index (χ0) is 14.7. The van der Waals surface area contributed by atoms with Gasteiger partial charge in [-0.3, -0.25) is 14.9 Å². The molecule has 0 saturated heterocycles. The van der Waals surface area contributed by atoms with Crippen LogP contribution in [-0.4, -0.2) is 27.0 Å². The summed E-state index contributed by atoms with van der Waals surface area (Å²) in [5.41, 5.74) is -0.114. The molecule has 1 aromatic rings. The predicted molar refractivity (Wildman–Crippen MR) is 75.6 cm³/mol. The van der Waals surface area contributed by atoms with Gasteiger partial charge in [-0.1, -0.05) is 6.42 Å². The molecule has 1 heterocycles. The van der Waals surface area contributed by atoms with Gasteiger partial charge >= 0.3 is 11.7 Å². The molecule has 2 unspecified atom stereocenters. The highest BCUT2D eigenvalue weighted by Crippen LogP contribution is 2.30. The number of hydrogen-bond donors (Lipinski definition) is 2. The number of aromatic nitrogens is 1. The topological polar surface area (TPSA) is 105 Å². The molecular weight excluding hydrogens is 330 g/mol. The number of rotatable bonds is 4. The summed E-state index contributed by atoms with van der Waals surface area (Å²) < 4.78 is 0.529. The Labute approximate surface area is 123 Å². The van der Waals surface area contributed by atoms with Gasteiger partial charge in [-0.2, -0.15) is 0 Å². The van der Waals surface area contributed by atoms with Crippen molar-refractivity contribution in [2.75, 3.05) is 5.32 Å². The van der Waals surface area contributed by atoms with Gasteiger partial charge in [0.1, 0.15) is 0 Å². The highest BCUT2D eigenvalue weighted by atomic mass is 79.9. The van der Waals surface area contributed by atoms with E-state index >= 15 is 0 Å². The van der Waals surface area contributed by atoms with E-state index in [9.17, 15) is 14.9 Å². The molecule has 2 atom stereocenters. The summed E-state index contributed by atoms with van der Waals surface area (Å²) in [6, 6.07) is 1.28. The van der Waals surface area contributed by atoms with Gasteiger partial charge in [0, 0.05) is 22.8 Å². The number of nitrogens with zero attached hydrogens (tertiary/aromatic N) is 2. The van der Waals surface area contributed by atoms with E-state index in [1.807, 2.05) is 0 Å². The maximum Gasteiger partial charge on any atom is 0.312 e. The quantitative estimate of drug-likeness (QED) is 0.643. The summed E-state index contributed by atoms with van der Waals surface area (Å²) in [6.45, 7) is 0. The van der Waals surface area contributed by atoms with Gasteiger partial charge in [0.25, 0.3) is 0 Å². The van der Waals surface area contributed by atoms with E-state index in [-0.39, 0.29) is 17.5 Å². The third kappa shape index (κ3) is 3.44. The molecular formula is C12H14BrN3O4. The summed E-state index contributed by atoms with van der Waals surface area (Å²) in [7, 11) is 0. The molecule has 108 valence electrons. The van der Waals surface area contributed by atoms with Gasteiger partial charge in [0.15, 0.2) is 0 Å². The Morgan fingerprint density at radius 3 is 2.95 bits per heavy atom. The molecule has 0 spiro atoms. The maximum atomic E-state index is 11.0. The van der Waals surface area contributed by atoms with Crippen LogP contribution >= 0.6 is 15.9 Å². The molecule has 1 aliphatic rings. The lowest BCUT2D eigenvalue weighted by Crippen LogP contribution is -2.31. The minimum atomic E-state index is -0.810. The molecule has 0 aromatic carbocycles. The molecule has 7 nitrogen and oxygen atoms in total. The van der Waals surface area contributed by atoms with Crippen LogP contribution in [-0.2, 0) is 4.79 Å². The van der Waals surface area contributed by atoms with Crippen molar-refractivity contribution in [3.05, 3.63) is 26.9 Å². The van der Waals surface area contributed by atoms with E-state index in [1.54, 1.807) is 0 Å². The van der Waals surface area contributed by atoms with Gasteiger partial charge in [-0.05, 0) is 35.2 Å². The first kappa shape index (κ1) is 14.7. The van der Waals surface area contributed by atoms with Crippen molar-refractivity contribution < 1.29 is 14.8 Å². The molecule has 0 bridgehead atoms. The molecule has 1 aromatic heterocycles. The Morgan fingerprint density at radius 1 is 1.55 bits per heavy atom. The summed E-state index contributed by atoms with van der Waals surface area (Å²) in [5, 5.41) is 23.0. The normalized spacial score (nSPS) is 22.2. The summed E-state index contributed by atoms with van der Waals surface area (Å²) in [5.74, 6) is -1.01. The lowest BCUT2D eigenvalue weighted by molar-refractivity contribution is -0.384. The van der Waals surface area contributed by atoms with Crippen LogP contribution in [0.15, 0.2) is 16.7 Å². The van der Waals surface area contributed by atoms with Gasteiger partial charge in [-0.25, -0.2) is 4.98 Å². The molecule has 0 aliphatic heterocycles. The zero-order valence-electron chi connectivity index (χ0n) is 10.6. The number of pyridine rings is 1. The van der Waals surface area contributed by atoms with Crippen LogP contribution in [0.25, 0.3) is 0 Å². The Morgan fingerprint density at radius 2 is 2.30 bits per heavy atom. The molecule has 2 N–H and O–H groups in total. The predicted octanol–water partition coefficient (Wildman–Crippen LogP) is 2.81. The SMILES string of the molecule is O=C(O)C1CCCC(Nc2ncc(Br)cc2[N+](=O)[O-])C1. The molecule has 8 heteroatoms. The molecule has 1 fully saturated rings. The third-order valence-electron chi connectivity index (χ3n) is 3.40. The van der Waals surface area contributed by atoms with Gasteiger partial charge < -0.3 is 10.4 Å². The number of aliphatic carboxylic acids is 1. The number of carbonyl (C=O) groups is 1. The highest BCUT2D eigenvalue weighted by molar-refractivity contribution is 9.10. The first-order valence-electron chi connectivity index (χ1n) is 6.26. The minimum Gasteiger partial charge on any atom is -0.481 e. The van der Waals surface area contributed by atoms with Crippen molar-refractivity contribution in [1.29, 1.82) is 0 Å². The fourth-order valence-corrected chi connectivity index (χ4v) is 2.74. The van der Waals surface area contributed by atoms with E-state index in [0.29, 0.717) is 17.3 Å². The Balaban J connectivity index is 2.13. The average molecular weight is 344 g/mol. The second-order valence-corrected chi connectivity index (χ2v) is 5.74. The number of nitrogens with one attached hydrogen (secondary N) is 1. The largest absolute Gasteiger partial charge is 0.481 e. The highest BCUT2D eigenvalue weighted by Gasteiger charge is 2.28. The van der Waals surface area contributed by atoms with Gasteiger partial charge in [0.05, 0.1) is 10.8 Å². The van der Waals surface area contributed by atoms with E-state index in [2.05, 4.69) is 26.2 Å². The standard InChI is InChI=1S/C12H14BrN3O4/c13-8-5-10(16(19)20)11(14-6-8)15-9-3-1-2-7(4-9)12(17)18/h5-7,9H,1-4H2,(H,14,15)(H,17,18). The molecule has 1 saturated carbocycles. The van der Waals surface area contributed by atoms with Crippen LogP contribution < -0.4 is 5.32 Å². The van der Waals surface area contributed by atoms with Gasteiger partial charge in [0.2, 0.25) is 5.82 Å². The number of carboxylic acid groups (broad SMARTS) is 1. The molecule has 20 heavy (non-hydrogen) atoms. The lowest BCUT2D eigenvalue weighted by atomic mass is 9.86. The van der Waals surface area contributed by atoms with Crippen molar-refractivity contribution in [3.63, 3.8) is 0 Å². The van der Waals surface area contributed by atoms with E-state index in [0.717, 1.165) is 12.8 Å². The molecule has 0 amide bonds. The van der Waals surface area contributed by atoms with E-state index in [4.69, 9.17) is 5.11 Å². The zero-order valence-corrected chi connectivity index (χ0v) is 12.2. The number of anilines is 1. The van der Waals surface area contributed by atoms with Gasteiger partial charge in [-0.15, -0.1) is 0 Å². The molecule has 0 radical (unpaired) electrons. The Kier molecular flexibility index (Phi) is 4.53. The number of nitro groups is 1. The first-order valence-corrected chi connectivity index (χ1v) is 7.06. The summed E-state index contributed by atoms with van der Waals surface area (Å²) in [6.07, 6.45) is 4.18. The second-order valence-electron chi connectivity index (χ2n) is 4.82. The third-order valence-corrected chi connectivity index (χ3v) is 3.83. The molecule has 2 rings (SSSR count). The van der Waals surface area contributed by atoms with Crippen molar-refractivity contribution in [2.24, 2.45) is 5.92 Å². The lowest BCUT2D eigenvalue weighted by Gasteiger charge is -2.27. The van der Waals surface area contributed by atoms with E-state index < -0.39 is 16.8 Å². The van der Waals surface area contributed by atoms with Crippen LogP contribution in [0.5, 0.6) is 0 Å². The fourth-order valence-electron chi connectivity index (χ4n) is 2.42. The van der Waals surface area contributed by atoms with Crippen LogP contribution in [0.3, 0.4) is 0 Å². The first-order chi connectivity index (χ1) is 9.47. The smallest absolute Gasteiger partial charge is 0.312 e. The van der Waals surface area contributed by atoms with Crippen LogP contribution in [0, 0.1) is 16.0 Å². The minimum absolute atomic E-state index is 0.0998. The molecule has 1 aliphatic carbocycles. The number of hydrogen-bond acceptors (Lipinski definition) is 5. The van der Waals surface area contributed by atoms with Crippen molar-refractivity contribution in [3.8, 4) is 0 Å². The summed E-state index contributed by atoms with van der Waals surface area (Å²) >= 11 is 3.15. The Hall–Kier alpha value is -1.70.